The molecule has 0 aliphatic carbocycles. The van der Waals surface area contributed by atoms with E-state index in [0.717, 1.165) is 23.7 Å². The SMILES string of the molecule is Cc1ccc(-c2nc(C(=O)N3CCN(C(=O)CN4CCOCC4)CC3)cs2)cc1. The molecular formula is C21H26N4O3S. The molecule has 2 fully saturated rings. The summed E-state index contributed by atoms with van der Waals surface area (Å²) in [6, 6.07) is 8.15. The lowest BCUT2D eigenvalue weighted by atomic mass is 10.2. The Hall–Kier alpha value is -2.29. The molecule has 2 aliphatic heterocycles. The molecule has 0 saturated carbocycles. The highest BCUT2D eigenvalue weighted by Gasteiger charge is 2.27. The maximum atomic E-state index is 12.8. The molecule has 2 saturated heterocycles. The minimum absolute atomic E-state index is 0.0557. The first-order chi connectivity index (χ1) is 14.1. The summed E-state index contributed by atoms with van der Waals surface area (Å²) in [5.41, 5.74) is 2.71. The van der Waals surface area contributed by atoms with E-state index in [1.807, 2.05) is 41.5 Å². The molecule has 29 heavy (non-hydrogen) atoms. The third-order valence-corrected chi connectivity index (χ3v) is 6.30. The van der Waals surface area contributed by atoms with Crippen molar-refractivity contribution in [3.8, 4) is 10.6 Å². The lowest BCUT2D eigenvalue weighted by Crippen LogP contribution is -2.53. The third kappa shape index (κ3) is 4.83. The molecule has 0 bridgehead atoms. The molecule has 154 valence electrons. The van der Waals surface area contributed by atoms with Gasteiger partial charge >= 0.3 is 0 Å². The number of carbonyl (C=O) groups is 2. The van der Waals surface area contributed by atoms with Crippen molar-refractivity contribution in [2.45, 2.75) is 6.92 Å². The topological polar surface area (TPSA) is 66.0 Å². The van der Waals surface area contributed by atoms with E-state index in [1.165, 1.54) is 16.9 Å². The standard InChI is InChI=1S/C21H26N4O3S/c1-16-2-4-17(5-3-16)20-22-18(15-29-20)21(27)25-8-6-24(7-9-25)19(26)14-23-10-12-28-13-11-23/h2-5,15H,6-14H2,1H3. The van der Waals surface area contributed by atoms with Crippen molar-refractivity contribution in [3.05, 3.63) is 40.9 Å². The molecule has 8 heteroatoms. The number of aryl methyl sites for hydroxylation is 1. The second-order valence-corrected chi connectivity index (χ2v) is 8.32. The maximum absolute atomic E-state index is 12.8. The van der Waals surface area contributed by atoms with Crippen LogP contribution >= 0.6 is 11.3 Å². The van der Waals surface area contributed by atoms with E-state index in [1.54, 1.807) is 4.90 Å². The van der Waals surface area contributed by atoms with Gasteiger partial charge in [0.05, 0.1) is 19.8 Å². The Morgan fingerprint density at radius 1 is 1.00 bits per heavy atom. The molecule has 0 atom stereocenters. The van der Waals surface area contributed by atoms with Gasteiger partial charge in [-0.05, 0) is 6.92 Å². The quantitative estimate of drug-likeness (QED) is 0.762. The van der Waals surface area contributed by atoms with Gasteiger partial charge in [-0.25, -0.2) is 4.98 Å². The smallest absolute Gasteiger partial charge is 0.273 e. The lowest BCUT2D eigenvalue weighted by Gasteiger charge is -2.36. The van der Waals surface area contributed by atoms with E-state index in [9.17, 15) is 9.59 Å². The number of morpholine rings is 1. The average molecular weight is 415 g/mol. The van der Waals surface area contributed by atoms with Gasteiger partial charge in [0.2, 0.25) is 5.91 Å². The zero-order valence-electron chi connectivity index (χ0n) is 16.7. The number of hydrogen-bond donors (Lipinski definition) is 0. The van der Waals surface area contributed by atoms with Crippen LogP contribution in [0.15, 0.2) is 29.6 Å². The van der Waals surface area contributed by atoms with E-state index in [4.69, 9.17) is 4.74 Å². The summed E-state index contributed by atoms with van der Waals surface area (Å²) in [7, 11) is 0. The molecule has 1 aromatic heterocycles. The highest BCUT2D eigenvalue weighted by atomic mass is 32.1. The van der Waals surface area contributed by atoms with Crippen molar-refractivity contribution in [2.75, 3.05) is 59.0 Å². The fourth-order valence-electron chi connectivity index (χ4n) is 3.57. The summed E-state index contributed by atoms with van der Waals surface area (Å²) in [5.74, 6) is 0.0780. The minimum atomic E-state index is -0.0557. The zero-order chi connectivity index (χ0) is 20.2. The molecule has 1 aromatic carbocycles. The number of aromatic nitrogens is 1. The van der Waals surface area contributed by atoms with Crippen LogP contribution in [0.3, 0.4) is 0 Å². The average Bonchev–Trinajstić information content (AvgIpc) is 3.25. The van der Waals surface area contributed by atoms with E-state index in [2.05, 4.69) is 9.88 Å². The van der Waals surface area contributed by atoms with E-state index >= 15 is 0 Å². The third-order valence-electron chi connectivity index (χ3n) is 5.40. The number of ether oxygens (including phenoxy) is 1. The summed E-state index contributed by atoms with van der Waals surface area (Å²) in [5, 5.41) is 2.68. The molecule has 2 aliphatic rings. The second kappa shape index (κ2) is 9.02. The largest absolute Gasteiger partial charge is 0.379 e. The van der Waals surface area contributed by atoms with Crippen molar-refractivity contribution in [2.24, 2.45) is 0 Å². The Balaban J connectivity index is 1.31. The van der Waals surface area contributed by atoms with Crippen molar-refractivity contribution < 1.29 is 14.3 Å². The maximum Gasteiger partial charge on any atom is 0.273 e. The summed E-state index contributed by atoms with van der Waals surface area (Å²) < 4.78 is 5.33. The molecule has 0 N–H and O–H groups in total. The Morgan fingerprint density at radius 3 is 2.34 bits per heavy atom. The number of carbonyl (C=O) groups excluding carboxylic acids is 2. The molecule has 0 radical (unpaired) electrons. The van der Waals surface area contributed by atoms with Crippen LogP contribution < -0.4 is 0 Å². The van der Waals surface area contributed by atoms with Crippen LogP contribution in [0.25, 0.3) is 10.6 Å². The van der Waals surface area contributed by atoms with Crippen molar-refractivity contribution in [1.82, 2.24) is 19.7 Å². The molecular weight excluding hydrogens is 388 g/mol. The molecule has 4 rings (SSSR count). The minimum Gasteiger partial charge on any atom is -0.379 e. The number of thiazole rings is 1. The van der Waals surface area contributed by atoms with Gasteiger partial charge in [0.25, 0.3) is 5.91 Å². The highest BCUT2D eigenvalue weighted by molar-refractivity contribution is 7.13. The highest BCUT2D eigenvalue weighted by Crippen LogP contribution is 2.24. The van der Waals surface area contributed by atoms with Gasteiger partial charge in [-0.2, -0.15) is 0 Å². The first kappa shape index (κ1) is 20.0. The number of rotatable bonds is 4. The summed E-state index contributed by atoms with van der Waals surface area (Å²) in [4.78, 5) is 35.7. The van der Waals surface area contributed by atoms with Crippen LogP contribution in [0.4, 0.5) is 0 Å². The van der Waals surface area contributed by atoms with Crippen LogP contribution in [0.2, 0.25) is 0 Å². The van der Waals surface area contributed by atoms with E-state index < -0.39 is 0 Å². The Kier molecular flexibility index (Phi) is 6.22. The van der Waals surface area contributed by atoms with Gasteiger partial charge in [0.1, 0.15) is 10.7 Å². The first-order valence-electron chi connectivity index (χ1n) is 10.00. The Labute approximate surface area is 174 Å². The van der Waals surface area contributed by atoms with Crippen LogP contribution in [0.5, 0.6) is 0 Å². The Bertz CT molecular complexity index is 853. The first-order valence-corrected chi connectivity index (χ1v) is 10.9. The predicted molar refractivity (Wildman–Crippen MR) is 112 cm³/mol. The van der Waals surface area contributed by atoms with Gasteiger partial charge in [0.15, 0.2) is 0 Å². The summed E-state index contributed by atoms with van der Waals surface area (Å²) in [6.45, 7) is 7.70. The molecule has 7 nitrogen and oxygen atoms in total. The van der Waals surface area contributed by atoms with Crippen molar-refractivity contribution in [1.29, 1.82) is 0 Å². The number of nitrogens with zero attached hydrogens (tertiary/aromatic N) is 4. The fraction of sp³-hybridized carbons (Fsp3) is 0.476. The summed E-state index contributed by atoms with van der Waals surface area (Å²) in [6.07, 6.45) is 0. The van der Waals surface area contributed by atoms with Crippen molar-refractivity contribution in [3.63, 3.8) is 0 Å². The number of benzene rings is 1. The molecule has 2 aromatic rings. The zero-order valence-corrected chi connectivity index (χ0v) is 17.5. The Morgan fingerprint density at radius 2 is 1.66 bits per heavy atom. The van der Waals surface area contributed by atoms with Crippen molar-refractivity contribution >= 4 is 23.2 Å². The van der Waals surface area contributed by atoms with Crippen LogP contribution in [0.1, 0.15) is 16.1 Å². The molecule has 0 unspecified atom stereocenters. The number of amides is 2. The molecule has 3 heterocycles. The van der Waals surface area contributed by atoms with E-state index in [0.29, 0.717) is 51.6 Å². The fourth-order valence-corrected chi connectivity index (χ4v) is 4.37. The number of piperazine rings is 1. The van der Waals surface area contributed by atoms with E-state index in [-0.39, 0.29) is 11.8 Å². The van der Waals surface area contributed by atoms with Gasteiger partial charge in [-0.1, -0.05) is 29.8 Å². The van der Waals surface area contributed by atoms with Crippen LogP contribution in [-0.4, -0.2) is 90.5 Å². The number of hydrogen-bond acceptors (Lipinski definition) is 6. The normalized spacial score (nSPS) is 18.1. The van der Waals surface area contributed by atoms with Crippen LogP contribution in [0, 0.1) is 6.92 Å². The van der Waals surface area contributed by atoms with Crippen LogP contribution in [-0.2, 0) is 9.53 Å². The van der Waals surface area contributed by atoms with Gasteiger partial charge < -0.3 is 14.5 Å². The van der Waals surface area contributed by atoms with Gasteiger partial charge in [-0.15, -0.1) is 11.3 Å². The summed E-state index contributed by atoms with van der Waals surface area (Å²) >= 11 is 1.49. The van der Waals surface area contributed by atoms with Gasteiger partial charge in [0, 0.05) is 50.2 Å². The van der Waals surface area contributed by atoms with Gasteiger partial charge in [-0.3, -0.25) is 14.5 Å². The lowest BCUT2D eigenvalue weighted by molar-refractivity contribution is -0.134. The monoisotopic (exact) mass is 414 g/mol. The predicted octanol–water partition coefficient (Wildman–Crippen LogP) is 1.74. The molecule has 0 spiro atoms. The molecule has 2 amide bonds. The second-order valence-electron chi connectivity index (χ2n) is 7.47.